The highest BCUT2D eigenvalue weighted by atomic mass is 17.2. The molecule has 1 heterocycles. The summed E-state index contributed by atoms with van der Waals surface area (Å²) < 4.78 is 0. The van der Waals surface area contributed by atoms with Crippen LogP contribution in [0.5, 0.6) is 0 Å². The number of aliphatic hydroxyl groups excluding tert-OH is 1. The molecular formula is C20H30O4. The molecule has 3 rings (SSSR count). The molecule has 0 amide bonds. The summed E-state index contributed by atoms with van der Waals surface area (Å²) in [7, 11) is 0. The molecule has 3 aliphatic rings. The lowest BCUT2D eigenvalue weighted by atomic mass is 9.46. The molecule has 4 heteroatoms. The van der Waals surface area contributed by atoms with Gasteiger partial charge in [0.1, 0.15) is 12.7 Å². The van der Waals surface area contributed by atoms with Gasteiger partial charge in [0, 0.05) is 6.42 Å². The number of allylic oxidation sites excluding steroid dienone is 2. The molecular weight excluding hydrogens is 304 g/mol. The number of ketones is 1. The van der Waals surface area contributed by atoms with Crippen LogP contribution in [0.15, 0.2) is 23.3 Å². The third-order valence-electron chi connectivity index (χ3n) is 7.29. The SMILES string of the molecule is CC1=CCOO[C@H]1C[C@@]1(C)[C@H](C)[C@H](O)C[C@@]2(C)C(C)=CC(=O)C[C@H]12. The Morgan fingerprint density at radius 3 is 2.71 bits per heavy atom. The summed E-state index contributed by atoms with van der Waals surface area (Å²) in [5, 5.41) is 10.8. The van der Waals surface area contributed by atoms with Crippen molar-refractivity contribution in [3.8, 4) is 0 Å². The van der Waals surface area contributed by atoms with Crippen molar-refractivity contribution in [1.82, 2.24) is 0 Å². The molecule has 0 bridgehead atoms. The molecule has 4 nitrogen and oxygen atoms in total. The van der Waals surface area contributed by atoms with Crippen molar-refractivity contribution in [2.75, 3.05) is 6.61 Å². The molecule has 0 unspecified atom stereocenters. The Morgan fingerprint density at radius 2 is 2.04 bits per heavy atom. The van der Waals surface area contributed by atoms with Gasteiger partial charge in [0.25, 0.3) is 0 Å². The molecule has 24 heavy (non-hydrogen) atoms. The molecule has 1 aliphatic heterocycles. The Bertz CT molecular complexity index is 592. The molecule has 0 aromatic rings. The predicted octanol–water partition coefficient (Wildman–Crippen LogP) is 3.60. The largest absolute Gasteiger partial charge is 0.393 e. The van der Waals surface area contributed by atoms with Crippen LogP contribution in [0.4, 0.5) is 0 Å². The normalized spacial score (nSPS) is 46.2. The first-order valence-electron chi connectivity index (χ1n) is 9.03. The van der Waals surface area contributed by atoms with E-state index in [9.17, 15) is 9.90 Å². The number of rotatable bonds is 2. The van der Waals surface area contributed by atoms with Crippen molar-refractivity contribution in [3.63, 3.8) is 0 Å². The van der Waals surface area contributed by atoms with Crippen LogP contribution in [0.3, 0.4) is 0 Å². The van der Waals surface area contributed by atoms with E-state index in [4.69, 9.17) is 9.78 Å². The summed E-state index contributed by atoms with van der Waals surface area (Å²) in [5.74, 6) is 0.518. The van der Waals surface area contributed by atoms with Crippen LogP contribution in [0.25, 0.3) is 0 Å². The Morgan fingerprint density at radius 1 is 1.33 bits per heavy atom. The maximum atomic E-state index is 12.3. The summed E-state index contributed by atoms with van der Waals surface area (Å²) in [6.45, 7) is 11.1. The van der Waals surface area contributed by atoms with E-state index in [1.54, 1.807) is 6.08 Å². The summed E-state index contributed by atoms with van der Waals surface area (Å²) in [4.78, 5) is 23.0. The Labute approximate surface area is 144 Å². The van der Waals surface area contributed by atoms with Gasteiger partial charge in [-0.15, -0.1) is 0 Å². The molecule has 0 radical (unpaired) electrons. The Hall–Kier alpha value is -0.970. The number of carbonyl (C=O) groups is 1. The molecule has 0 aromatic heterocycles. The maximum Gasteiger partial charge on any atom is 0.155 e. The Balaban J connectivity index is 1.99. The fourth-order valence-corrected chi connectivity index (χ4v) is 5.22. The minimum atomic E-state index is -0.374. The first-order valence-corrected chi connectivity index (χ1v) is 9.03. The second-order valence-corrected chi connectivity index (χ2v) is 8.56. The lowest BCUT2D eigenvalue weighted by molar-refractivity contribution is -0.324. The average molecular weight is 334 g/mol. The maximum absolute atomic E-state index is 12.3. The van der Waals surface area contributed by atoms with Crippen molar-refractivity contribution in [2.45, 2.75) is 66.1 Å². The molecule has 0 saturated heterocycles. The van der Waals surface area contributed by atoms with Crippen LogP contribution in [0, 0.1) is 22.7 Å². The van der Waals surface area contributed by atoms with Gasteiger partial charge in [-0.3, -0.25) is 4.79 Å². The van der Waals surface area contributed by atoms with E-state index in [1.165, 1.54) is 5.57 Å². The molecule has 0 aromatic carbocycles. The lowest BCUT2D eigenvalue weighted by Gasteiger charge is -2.59. The minimum Gasteiger partial charge on any atom is -0.393 e. The summed E-state index contributed by atoms with van der Waals surface area (Å²) in [6.07, 6.45) is 5.39. The third kappa shape index (κ3) is 2.69. The van der Waals surface area contributed by atoms with Crippen molar-refractivity contribution in [3.05, 3.63) is 23.3 Å². The number of fused-ring (bicyclic) bond motifs is 1. The summed E-state index contributed by atoms with van der Waals surface area (Å²) in [6, 6.07) is 0. The van der Waals surface area contributed by atoms with Crippen LogP contribution >= 0.6 is 0 Å². The Kier molecular flexibility index (Phi) is 4.52. The number of hydrogen-bond donors (Lipinski definition) is 1. The quantitative estimate of drug-likeness (QED) is 0.619. The van der Waals surface area contributed by atoms with Crippen molar-refractivity contribution >= 4 is 5.78 Å². The smallest absolute Gasteiger partial charge is 0.155 e. The van der Waals surface area contributed by atoms with E-state index in [0.29, 0.717) is 13.0 Å². The second kappa shape index (κ2) is 6.08. The number of hydrogen-bond acceptors (Lipinski definition) is 4. The average Bonchev–Trinajstić information content (AvgIpc) is 2.51. The topological polar surface area (TPSA) is 55.8 Å². The van der Waals surface area contributed by atoms with Gasteiger partial charge in [0.2, 0.25) is 0 Å². The highest BCUT2D eigenvalue weighted by molar-refractivity contribution is 5.92. The predicted molar refractivity (Wildman–Crippen MR) is 92.1 cm³/mol. The highest BCUT2D eigenvalue weighted by Gasteiger charge is 2.58. The molecule has 1 fully saturated rings. The fourth-order valence-electron chi connectivity index (χ4n) is 5.22. The van der Waals surface area contributed by atoms with Gasteiger partial charge in [0.05, 0.1) is 6.10 Å². The van der Waals surface area contributed by atoms with Crippen molar-refractivity contribution in [1.29, 1.82) is 0 Å². The van der Waals surface area contributed by atoms with Gasteiger partial charge in [-0.1, -0.05) is 32.4 Å². The second-order valence-electron chi connectivity index (χ2n) is 8.56. The zero-order valence-corrected chi connectivity index (χ0v) is 15.5. The van der Waals surface area contributed by atoms with Crippen LogP contribution in [0.1, 0.15) is 53.9 Å². The fraction of sp³-hybridized carbons (Fsp3) is 0.750. The molecule has 0 spiro atoms. The van der Waals surface area contributed by atoms with E-state index in [1.807, 2.05) is 6.92 Å². The van der Waals surface area contributed by atoms with Crippen LogP contribution in [-0.2, 0) is 14.6 Å². The van der Waals surface area contributed by atoms with E-state index in [2.05, 4.69) is 33.8 Å². The molecule has 1 N–H and O–H groups in total. The molecule has 134 valence electrons. The number of aliphatic hydroxyl groups is 1. The van der Waals surface area contributed by atoms with Crippen molar-refractivity contribution < 1.29 is 19.7 Å². The zero-order chi connectivity index (χ0) is 17.7. The first kappa shape index (κ1) is 17.8. The highest BCUT2D eigenvalue weighted by Crippen LogP contribution is 2.61. The van der Waals surface area contributed by atoms with E-state index < -0.39 is 0 Å². The lowest BCUT2D eigenvalue weighted by Crippen LogP contribution is -2.57. The summed E-state index contributed by atoms with van der Waals surface area (Å²) >= 11 is 0. The minimum absolute atomic E-state index is 0.104. The molecule has 6 atom stereocenters. The van der Waals surface area contributed by atoms with Gasteiger partial charge in [-0.25, -0.2) is 9.78 Å². The van der Waals surface area contributed by atoms with Gasteiger partial charge in [-0.2, -0.15) is 0 Å². The van der Waals surface area contributed by atoms with Gasteiger partial charge >= 0.3 is 0 Å². The van der Waals surface area contributed by atoms with Crippen molar-refractivity contribution in [2.24, 2.45) is 22.7 Å². The van der Waals surface area contributed by atoms with Gasteiger partial charge in [-0.05, 0) is 61.0 Å². The standard InChI is InChI=1S/C20H30O4/c1-12-6-7-23-24-17(12)11-20(5)14(3)16(22)10-19(4)13(2)8-15(21)9-18(19)20/h6,8,14,16-18,22H,7,9-11H2,1-5H3/t14-,16-,17+,18+,19+,20+/m1/s1. The third-order valence-corrected chi connectivity index (χ3v) is 7.29. The van der Waals surface area contributed by atoms with Crippen LogP contribution in [-0.4, -0.2) is 29.7 Å². The zero-order valence-electron chi connectivity index (χ0n) is 15.5. The van der Waals surface area contributed by atoms with E-state index >= 15 is 0 Å². The molecule has 2 aliphatic carbocycles. The van der Waals surface area contributed by atoms with Crippen LogP contribution < -0.4 is 0 Å². The number of carbonyl (C=O) groups excluding carboxylic acids is 1. The van der Waals surface area contributed by atoms with Crippen LogP contribution in [0.2, 0.25) is 0 Å². The first-order chi connectivity index (χ1) is 11.2. The van der Waals surface area contributed by atoms with Gasteiger partial charge < -0.3 is 5.11 Å². The molecule has 1 saturated carbocycles. The monoisotopic (exact) mass is 334 g/mol. The van der Waals surface area contributed by atoms with E-state index in [0.717, 1.165) is 18.4 Å². The van der Waals surface area contributed by atoms with Gasteiger partial charge in [0.15, 0.2) is 5.78 Å². The summed E-state index contributed by atoms with van der Waals surface area (Å²) in [5.41, 5.74) is 1.94. The van der Waals surface area contributed by atoms with E-state index in [-0.39, 0.29) is 40.7 Å².